The largest absolute Gasteiger partial charge is 0.481 e. The molecular weight excluding hydrogens is 208 g/mol. The summed E-state index contributed by atoms with van der Waals surface area (Å²) >= 11 is 0. The van der Waals surface area contributed by atoms with Crippen molar-refractivity contribution in [3.63, 3.8) is 0 Å². The number of likely N-dealkylation sites (tertiary alicyclic amines) is 1. The highest BCUT2D eigenvalue weighted by atomic mass is 16.4. The minimum atomic E-state index is -0.791. The van der Waals surface area contributed by atoms with Crippen molar-refractivity contribution < 1.29 is 14.7 Å². The van der Waals surface area contributed by atoms with Crippen LogP contribution in [0.15, 0.2) is 0 Å². The lowest BCUT2D eigenvalue weighted by Gasteiger charge is -2.38. The van der Waals surface area contributed by atoms with Crippen LogP contribution in [0.3, 0.4) is 0 Å². The smallest absolute Gasteiger partial charge is 0.304 e. The zero-order valence-corrected chi connectivity index (χ0v) is 9.90. The Morgan fingerprint density at radius 3 is 2.75 bits per heavy atom. The van der Waals surface area contributed by atoms with Gasteiger partial charge in [0.05, 0.1) is 12.5 Å². The second-order valence-electron chi connectivity index (χ2n) is 4.28. The molecule has 2 N–H and O–H groups in total. The van der Waals surface area contributed by atoms with Gasteiger partial charge in [-0.1, -0.05) is 6.42 Å². The summed E-state index contributed by atoms with van der Waals surface area (Å²) in [4.78, 5) is 24.3. The van der Waals surface area contributed by atoms with Crippen molar-refractivity contribution in [2.75, 3.05) is 13.6 Å². The first-order chi connectivity index (χ1) is 7.56. The monoisotopic (exact) mass is 228 g/mol. The molecule has 92 valence electrons. The Morgan fingerprint density at radius 2 is 2.19 bits per heavy atom. The lowest BCUT2D eigenvalue weighted by atomic mass is 9.97. The summed E-state index contributed by atoms with van der Waals surface area (Å²) in [5.41, 5.74) is 0. The topological polar surface area (TPSA) is 69.6 Å². The molecule has 1 fully saturated rings. The number of carboxylic acid groups (broad SMARTS) is 1. The fraction of sp³-hybridized carbons (Fsp3) is 0.818. The molecule has 1 rings (SSSR count). The van der Waals surface area contributed by atoms with Gasteiger partial charge in [-0.25, -0.2) is 0 Å². The van der Waals surface area contributed by atoms with Gasteiger partial charge in [0.25, 0.3) is 0 Å². The Labute approximate surface area is 95.8 Å². The first-order valence-electron chi connectivity index (χ1n) is 5.75. The SMILES string of the molecule is CNC(=O)C(C)N1CCCCC1CC(=O)O. The standard InChI is InChI=1S/C11H20N2O3/c1-8(11(16)12-2)13-6-4-3-5-9(13)7-10(14)15/h8-9H,3-7H2,1-2H3,(H,12,16)(H,14,15). The van der Waals surface area contributed by atoms with Crippen LogP contribution in [0.1, 0.15) is 32.6 Å². The van der Waals surface area contributed by atoms with Crippen LogP contribution in [0, 0.1) is 0 Å². The molecule has 1 saturated heterocycles. The van der Waals surface area contributed by atoms with Crippen LogP contribution in [-0.2, 0) is 9.59 Å². The summed E-state index contributed by atoms with van der Waals surface area (Å²) in [5.74, 6) is -0.835. The van der Waals surface area contributed by atoms with Gasteiger partial charge >= 0.3 is 5.97 Å². The average molecular weight is 228 g/mol. The number of hydrogen-bond acceptors (Lipinski definition) is 3. The molecule has 1 aliphatic heterocycles. The normalized spacial score (nSPS) is 23.8. The minimum Gasteiger partial charge on any atom is -0.481 e. The summed E-state index contributed by atoms with van der Waals surface area (Å²) in [6, 6.07) is -0.242. The zero-order chi connectivity index (χ0) is 12.1. The number of hydrogen-bond donors (Lipinski definition) is 2. The number of carbonyl (C=O) groups is 2. The molecule has 2 unspecified atom stereocenters. The second kappa shape index (κ2) is 5.84. The molecule has 0 aromatic carbocycles. The number of likely N-dealkylation sites (N-methyl/N-ethyl adjacent to an activating group) is 1. The first kappa shape index (κ1) is 13.0. The second-order valence-corrected chi connectivity index (χ2v) is 4.28. The van der Waals surface area contributed by atoms with E-state index in [1.165, 1.54) is 0 Å². The predicted molar refractivity (Wildman–Crippen MR) is 60.1 cm³/mol. The molecule has 0 spiro atoms. The molecule has 16 heavy (non-hydrogen) atoms. The van der Waals surface area contributed by atoms with Gasteiger partial charge in [-0.15, -0.1) is 0 Å². The van der Waals surface area contributed by atoms with E-state index >= 15 is 0 Å². The van der Waals surface area contributed by atoms with E-state index in [0.29, 0.717) is 0 Å². The van der Waals surface area contributed by atoms with Crippen molar-refractivity contribution in [2.45, 2.75) is 44.7 Å². The number of aliphatic carboxylic acids is 1. The van der Waals surface area contributed by atoms with Gasteiger partial charge < -0.3 is 10.4 Å². The quantitative estimate of drug-likeness (QED) is 0.733. The molecule has 2 atom stereocenters. The maximum absolute atomic E-state index is 11.5. The van der Waals surface area contributed by atoms with E-state index in [9.17, 15) is 9.59 Å². The maximum Gasteiger partial charge on any atom is 0.304 e. The van der Waals surface area contributed by atoms with Crippen molar-refractivity contribution in [3.05, 3.63) is 0 Å². The summed E-state index contributed by atoms with van der Waals surface area (Å²) in [5, 5.41) is 11.4. The molecule has 0 radical (unpaired) electrons. The van der Waals surface area contributed by atoms with Crippen LogP contribution >= 0.6 is 0 Å². The number of nitrogens with one attached hydrogen (secondary N) is 1. The van der Waals surface area contributed by atoms with Gasteiger partial charge in [0.15, 0.2) is 0 Å². The maximum atomic E-state index is 11.5. The number of carbonyl (C=O) groups excluding carboxylic acids is 1. The Balaban J connectivity index is 2.65. The average Bonchev–Trinajstić information content (AvgIpc) is 2.27. The summed E-state index contributed by atoms with van der Waals surface area (Å²) in [6.45, 7) is 2.64. The number of nitrogens with zero attached hydrogens (tertiary/aromatic N) is 1. The first-order valence-corrected chi connectivity index (χ1v) is 5.75. The lowest BCUT2D eigenvalue weighted by Crippen LogP contribution is -2.51. The van der Waals surface area contributed by atoms with E-state index in [-0.39, 0.29) is 24.4 Å². The van der Waals surface area contributed by atoms with E-state index in [4.69, 9.17) is 5.11 Å². The third kappa shape index (κ3) is 3.20. The van der Waals surface area contributed by atoms with Crippen LogP contribution in [-0.4, -0.2) is 47.6 Å². The Morgan fingerprint density at radius 1 is 1.50 bits per heavy atom. The van der Waals surface area contributed by atoms with Crippen molar-refractivity contribution in [1.82, 2.24) is 10.2 Å². The molecular formula is C11H20N2O3. The van der Waals surface area contributed by atoms with E-state index < -0.39 is 5.97 Å². The molecule has 0 aromatic rings. The summed E-state index contributed by atoms with van der Waals surface area (Å²) in [7, 11) is 1.61. The predicted octanol–water partition coefficient (Wildman–Crippen LogP) is 0.450. The van der Waals surface area contributed by atoms with Crippen LogP contribution in [0.4, 0.5) is 0 Å². The fourth-order valence-corrected chi connectivity index (χ4v) is 2.31. The van der Waals surface area contributed by atoms with E-state index in [1.54, 1.807) is 7.05 Å². The molecule has 0 aromatic heterocycles. The van der Waals surface area contributed by atoms with E-state index in [1.807, 2.05) is 11.8 Å². The van der Waals surface area contributed by atoms with E-state index in [0.717, 1.165) is 25.8 Å². The van der Waals surface area contributed by atoms with Crippen LogP contribution < -0.4 is 5.32 Å². The summed E-state index contributed by atoms with van der Waals surface area (Å²) in [6.07, 6.45) is 3.08. The van der Waals surface area contributed by atoms with Crippen molar-refractivity contribution in [1.29, 1.82) is 0 Å². The highest BCUT2D eigenvalue weighted by Crippen LogP contribution is 2.22. The number of carboxylic acids is 1. The number of piperidine rings is 1. The number of amides is 1. The van der Waals surface area contributed by atoms with Crippen molar-refractivity contribution >= 4 is 11.9 Å². The molecule has 5 heteroatoms. The van der Waals surface area contributed by atoms with Gasteiger partial charge in [0.1, 0.15) is 0 Å². The highest BCUT2D eigenvalue weighted by Gasteiger charge is 2.30. The van der Waals surface area contributed by atoms with Crippen LogP contribution in [0.5, 0.6) is 0 Å². The third-order valence-corrected chi connectivity index (χ3v) is 3.21. The highest BCUT2D eigenvalue weighted by molar-refractivity contribution is 5.81. The molecule has 0 aliphatic carbocycles. The number of rotatable bonds is 4. The van der Waals surface area contributed by atoms with Gasteiger partial charge in [0, 0.05) is 13.1 Å². The molecule has 5 nitrogen and oxygen atoms in total. The zero-order valence-electron chi connectivity index (χ0n) is 9.90. The van der Waals surface area contributed by atoms with Gasteiger partial charge in [-0.3, -0.25) is 14.5 Å². The molecule has 1 heterocycles. The van der Waals surface area contributed by atoms with Gasteiger partial charge in [0.2, 0.25) is 5.91 Å². The summed E-state index contributed by atoms with van der Waals surface area (Å²) < 4.78 is 0. The fourth-order valence-electron chi connectivity index (χ4n) is 2.31. The van der Waals surface area contributed by atoms with Gasteiger partial charge in [-0.2, -0.15) is 0 Å². The third-order valence-electron chi connectivity index (χ3n) is 3.21. The van der Waals surface area contributed by atoms with Crippen LogP contribution in [0.2, 0.25) is 0 Å². The molecule has 0 saturated carbocycles. The molecule has 0 bridgehead atoms. The van der Waals surface area contributed by atoms with Crippen LogP contribution in [0.25, 0.3) is 0 Å². The van der Waals surface area contributed by atoms with Crippen molar-refractivity contribution in [3.8, 4) is 0 Å². The lowest BCUT2D eigenvalue weighted by molar-refractivity contribution is -0.140. The molecule has 1 amide bonds. The van der Waals surface area contributed by atoms with Crippen molar-refractivity contribution in [2.24, 2.45) is 0 Å². The Kier molecular flexibility index (Phi) is 4.73. The molecule has 1 aliphatic rings. The Hall–Kier alpha value is -1.10. The minimum absolute atomic E-state index is 0.00134. The van der Waals surface area contributed by atoms with E-state index in [2.05, 4.69) is 5.32 Å². The van der Waals surface area contributed by atoms with Gasteiger partial charge in [-0.05, 0) is 26.3 Å². The Bertz CT molecular complexity index is 268.